The van der Waals surface area contributed by atoms with Gasteiger partial charge in [-0.2, -0.15) is 4.98 Å². The molecule has 90 valence electrons. The Kier molecular flexibility index (Phi) is 3.44. The van der Waals surface area contributed by atoms with Gasteiger partial charge in [0.05, 0.1) is 6.54 Å². The smallest absolute Gasteiger partial charge is 0.223 e. The Balaban J connectivity index is 2.16. The number of anilines is 2. The molecular weight excluding hydrogens is 258 g/mol. The van der Waals surface area contributed by atoms with Crippen molar-refractivity contribution in [3.05, 3.63) is 27.3 Å². The number of nitrogens with zero attached hydrogens (tertiary/aromatic N) is 4. The van der Waals surface area contributed by atoms with Crippen LogP contribution in [0.4, 0.5) is 11.8 Å². The predicted octanol–water partition coefficient (Wildman–Crippen LogP) is 2.11. The Hall–Kier alpha value is -1.40. The number of aryl methyl sites for hydroxylation is 1. The Morgan fingerprint density at radius 3 is 2.76 bits per heavy atom. The Bertz CT molecular complexity index is 507. The van der Waals surface area contributed by atoms with Crippen molar-refractivity contribution in [1.82, 2.24) is 15.0 Å². The molecule has 17 heavy (non-hydrogen) atoms. The van der Waals surface area contributed by atoms with E-state index in [4.69, 9.17) is 17.3 Å². The number of halogens is 1. The van der Waals surface area contributed by atoms with Gasteiger partial charge in [0.15, 0.2) is 0 Å². The molecule has 0 aliphatic carbocycles. The van der Waals surface area contributed by atoms with Gasteiger partial charge in [-0.05, 0) is 6.92 Å². The van der Waals surface area contributed by atoms with Crippen LogP contribution in [0.15, 0.2) is 11.4 Å². The first kappa shape index (κ1) is 12.1. The van der Waals surface area contributed by atoms with Crippen molar-refractivity contribution in [2.24, 2.45) is 0 Å². The number of hydrogen-bond acceptors (Lipinski definition) is 6. The van der Waals surface area contributed by atoms with Gasteiger partial charge >= 0.3 is 0 Å². The topological polar surface area (TPSA) is 67.9 Å². The summed E-state index contributed by atoms with van der Waals surface area (Å²) in [5, 5.41) is 3.39. The lowest BCUT2D eigenvalue weighted by Crippen LogP contribution is -2.18. The summed E-state index contributed by atoms with van der Waals surface area (Å²) in [5.74, 6) is 0.866. The fourth-order valence-electron chi connectivity index (χ4n) is 1.38. The largest absolute Gasteiger partial charge is 0.368 e. The highest BCUT2D eigenvalue weighted by molar-refractivity contribution is 7.09. The minimum Gasteiger partial charge on any atom is -0.368 e. The van der Waals surface area contributed by atoms with Crippen molar-refractivity contribution in [1.29, 1.82) is 0 Å². The van der Waals surface area contributed by atoms with Crippen LogP contribution in [0.25, 0.3) is 0 Å². The summed E-state index contributed by atoms with van der Waals surface area (Å²) in [4.78, 5) is 14.3. The van der Waals surface area contributed by atoms with E-state index in [-0.39, 0.29) is 5.95 Å². The van der Waals surface area contributed by atoms with E-state index in [1.165, 1.54) is 0 Å². The van der Waals surface area contributed by atoms with Crippen LogP contribution in [0.5, 0.6) is 0 Å². The molecule has 2 heterocycles. The van der Waals surface area contributed by atoms with E-state index in [9.17, 15) is 0 Å². The van der Waals surface area contributed by atoms with E-state index in [2.05, 4.69) is 15.0 Å². The van der Waals surface area contributed by atoms with E-state index >= 15 is 0 Å². The number of thiazole rings is 1. The molecule has 2 aromatic heterocycles. The summed E-state index contributed by atoms with van der Waals surface area (Å²) in [5.41, 5.74) is 6.57. The van der Waals surface area contributed by atoms with E-state index in [1.54, 1.807) is 17.4 Å². The Morgan fingerprint density at radius 1 is 1.41 bits per heavy atom. The van der Waals surface area contributed by atoms with E-state index in [0.717, 1.165) is 10.7 Å². The zero-order chi connectivity index (χ0) is 12.4. The van der Waals surface area contributed by atoms with Crippen LogP contribution in [-0.2, 0) is 6.54 Å². The number of nitrogens with two attached hydrogens (primary N) is 1. The van der Waals surface area contributed by atoms with Gasteiger partial charge in [-0.1, -0.05) is 11.6 Å². The summed E-state index contributed by atoms with van der Waals surface area (Å²) >= 11 is 7.45. The van der Waals surface area contributed by atoms with Crippen molar-refractivity contribution in [3.63, 3.8) is 0 Å². The molecule has 0 fully saturated rings. The fourth-order valence-corrected chi connectivity index (χ4v) is 2.39. The fraction of sp³-hybridized carbons (Fsp3) is 0.300. The van der Waals surface area contributed by atoms with Gasteiger partial charge in [0.25, 0.3) is 0 Å². The lowest BCUT2D eigenvalue weighted by molar-refractivity contribution is 0.880. The molecule has 0 radical (unpaired) electrons. The molecule has 0 atom stereocenters. The average molecular weight is 270 g/mol. The number of hydrogen-bond donors (Lipinski definition) is 1. The second-order valence-corrected chi connectivity index (χ2v) is 4.98. The van der Waals surface area contributed by atoms with Crippen LogP contribution < -0.4 is 10.6 Å². The molecule has 0 saturated heterocycles. The van der Waals surface area contributed by atoms with Gasteiger partial charge in [0.2, 0.25) is 5.95 Å². The average Bonchev–Trinajstić information content (AvgIpc) is 2.62. The molecule has 0 bridgehead atoms. The zero-order valence-electron chi connectivity index (χ0n) is 9.51. The summed E-state index contributed by atoms with van der Waals surface area (Å²) in [6.07, 6.45) is 0. The third-order valence-corrected chi connectivity index (χ3v) is 3.27. The highest BCUT2D eigenvalue weighted by Crippen LogP contribution is 2.19. The van der Waals surface area contributed by atoms with Crippen molar-refractivity contribution in [2.75, 3.05) is 17.7 Å². The van der Waals surface area contributed by atoms with Crippen molar-refractivity contribution < 1.29 is 0 Å². The van der Waals surface area contributed by atoms with Crippen LogP contribution in [-0.4, -0.2) is 22.0 Å². The Labute approximate surface area is 108 Å². The van der Waals surface area contributed by atoms with Gasteiger partial charge in [0, 0.05) is 24.2 Å². The maximum absolute atomic E-state index is 5.83. The molecule has 2 rings (SSSR count). The van der Waals surface area contributed by atoms with Gasteiger partial charge in [-0.25, -0.2) is 9.97 Å². The molecule has 0 amide bonds. The van der Waals surface area contributed by atoms with Crippen molar-refractivity contribution in [2.45, 2.75) is 13.5 Å². The third kappa shape index (κ3) is 3.04. The van der Waals surface area contributed by atoms with Crippen LogP contribution in [0.1, 0.15) is 10.7 Å². The van der Waals surface area contributed by atoms with Gasteiger partial charge in [0.1, 0.15) is 16.0 Å². The maximum atomic E-state index is 5.83. The molecule has 2 aromatic rings. The number of aromatic nitrogens is 3. The van der Waals surface area contributed by atoms with Gasteiger partial charge in [-0.3, -0.25) is 0 Å². The van der Waals surface area contributed by atoms with Crippen LogP contribution in [0, 0.1) is 6.92 Å². The molecule has 0 aliphatic rings. The zero-order valence-corrected chi connectivity index (χ0v) is 11.1. The Morgan fingerprint density at radius 2 is 2.18 bits per heavy atom. The van der Waals surface area contributed by atoms with E-state index in [1.807, 2.05) is 24.3 Å². The number of nitrogen functional groups attached to an aromatic ring is 1. The predicted molar refractivity (Wildman–Crippen MR) is 70.4 cm³/mol. The van der Waals surface area contributed by atoms with E-state index < -0.39 is 0 Å². The number of rotatable bonds is 3. The normalized spacial score (nSPS) is 10.5. The molecule has 0 aliphatic heterocycles. The summed E-state index contributed by atoms with van der Waals surface area (Å²) < 4.78 is 0. The first-order chi connectivity index (χ1) is 8.04. The van der Waals surface area contributed by atoms with Gasteiger partial charge in [-0.15, -0.1) is 11.3 Å². The summed E-state index contributed by atoms with van der Waals surface area (Å²) in [6.45, 7) is 2.64. The van der Waals surface area contributed by atoms with Gasteiger partial charge < -0.3 is 10.6 Å². The molecular formula is C10H12ClN5S. The molecule has 0 saturated carbocycles. The molecule has 7 heteroatoms. The standard InChI is InChI=1S/C10H12ClN5S/c1-6-5-17-9(13-6)4-16(2)8-3-7(11)14-10(12)15-8/h3,5H,4H2,1-2H3,(H2,12,14,15). The minimum absolute atomic E-state index is 0.176. The lowest BCUT2D eigenvalue weighted by atomic mass is 10.5. The molecule has 0 unspecified atom stereocenters. The highest BCUT2D eigenvalue weighted by atomic mass is 35.5. The van der Waals surface area contributed by atoms with Crippen LogP contribution >= 0.6 is 22.9 Å². The van der Waals surface area contributed by atoms with Crippen LogP contribution in [0.2, 0.25) is 5.15 Å². The lowest BCUT2D eigenvalue weighted by Gasteiger charge is -2.16. The monoisotopic (exact) mass is 269 g/mol. The minimum atomic E-state index is 0.176. The molecule has 0 aromatic carbocycles. The first-order valence-corrected chi connectivity index (χ1v) is 6.22. The maximum Gasteiger partial charge on any atom is 0.223 e. The molecule has 0 spiro atoms. The molecule has 5 nitrogen and oxygen atoms in total. The summed E-state index contributed by atoms with van der Waals surface area (Å²) in [6, 6.07) is 1.68. The molecule has 2 N–H and O–H groups in total. The summed E-state index contributed by atoms with van der Waals surface area (Å²) in [7, 11) is 1.91. The quantitative estimate of drug-likeness (QED) is 0.865. The SMILES string of the molecule is Cc1csc(CN(C)c2cc(Cl)nc(N)n2)n1. The van der Waals surface area contributed by atoms with Crippen LogP contribution in [0.3, 0.4) is 0 Å². The second-order valence-electron chi connectivity index (χ2n) is 3.65. The van der Waals surface area contributed by atoms with Crippen molar-refractivity contribution in [3.8, 4) is 0 Å². The third-order valence-electron chi connectivity index (χ3n) is 2.13. The first-order valence-electron chi connectivity index (χ1n) is 4.97. The van der Waals surface area contributed by atoms with Crippen molar-refractivity contribution >= 4 is 34.7 Å². The van der Waals surface area contributed by atoms with E-state index in [0.29, 0.717) is 17.5 Å². The highest BCUT2D eigenvalue weighted by Gasteiger charge is 2.08. The second kappa shape index (κ2) is 4.85.